The predicted octanol–water partition coefficient (Wildman–Crippen LogP) is 3.51. The van der Waals surface area contributed by atoms with Gasteiger partial charge in [-0.1, -0.05) is 46.4 Å². The van der Waals surface area contributed by atoms with E-state index in [1.165, 1.54) is 18.2 Å². The summed E-state index contributed by atoms with van der Waals surface area (Å²) in [4.78, 5) is 11.8. The largest absolute Gasteiger partial charge is 0.507 e. The number of phenolic OH excluding ortho intramolecular Hbond substituents is 1. The zero-order valence-corrected chi connectivity index (χ0v) is 12.8. The molecule has 0 fully saturated rings. The monoisotopic (exact) mass is 345 g/mol. The minimum Gasteiger partial charge on any atom is -0.507 e. The lowest BCUT2D eigenvalue weighted by atomic mass is 10.2. The molecule has 1 rings (SSSR count). The van der Waals surface area contributed by atoms with E-state index in [9.17, 15) is 9.90 Å². The molecule has 8 heteroatoms. The van der Waals surface area contributed by atoms with E-state index < -0.39 is 15.9 Å². The normalized spacial score (nSPS) is 13.1. The molecule has 106 valence electrons. The van der Waals surface area contributed by atoms with Crippen LogP contribution in [0.1, 0.15) is 17.3 Å². The molecule has 0 spiro atoms. The number of rotatable bonds is 4. The van der Waals surface area contributed by atoms with Crippen molar-refractivity contribution < 1.29 is 14.6 Å². The van der Waals surface area contributed by atoms with Gasteiger partial charge in [0.2, 0.25) is 3.79 Å². The molecule has 0 aliphatic carbocycles. The Labute approximate surface area is 130 Å². The van der Waals surface area contributed by atoms with E-state index in [1.54, 1.807) is 6.92 Å². The van der Waals surface area contributed by atoms with Crippen LogP contribution in [0.4, 0.5) is 0 Å². The van der Waals surface area contributed by atoms with Crippen molar-refractivity contribution in [3.63, 3.8) is 0 Å². The Bertz CT molecular complexity index is 462. The Hall–Kier alpha value is -0.390. The van der Waals surface area contributed by atoms with E-state index >= 15 is 0 Å². The summed E-state index contributed by atoms with van der Waals surface area (Å²) in [5, 5.41) is 12.4. The third-order valence-electron chi connectivity index (χ3n) is 2.03. The summed E-state index contributed by atoms with van der Waals surface area (Å²) in [6, 6.07) is 4.13. The third kappa shape index (κ3) is 6.06. The lowest BCUT2D eigenvalue weighted by Crippen LogP contribution is -2.36. The minimum absolute atomic E-state index is 0.0387. The van der Waals surface area contributed by atoms with Crippen LogP contribution in [0.25, 0.3) is 0 Å². The van der Waals surface area contributed by atoms with E-state index in [-0.39, 0.29) is 17.9 Å². The van der Waals surface area contributed by atoms with Crippen LogP contribution in [0.3, 0.4) is 0 Å². The van der Waals surface area contributed by atoms with E-state index in [0.29, 0.717) is 5.02 Å². The number of benzene rings is 1. The molecule has 1 aromatic rings. The fraction of sp³-hybridized carbons (Fsp3) is 0.364. The second-order valence-electron chi connectivity index (χ2n) is 3.70. The molecule has 1 aromatic carbocycles. The lowest BCUT2D eigenvalue weighted by molar-refractivity contribution is 0.0406. The van der Waals surface area contributed by atoms with Crippen molar-refractivity contribution in [2.75, 3.05) is 6.61 Å². The molecular weight excluding hydrogens is 336 g/mol. The number of ether oxygens (including phenoxy) is 1. The molecule has 0 saturated carbocycles. The van der Waals surface area contributed by atoms with Gasteiger partial charge in [-0.3, -0.25) is 4.79 Å². The van der Waals surface area contributed by atoms with Crippen molar-refractivity contribution in [2.45, 2.75) is 16.9 Å². The molecule has 0 bridgehead atoms. The van der Waals surface area contributed by atoms with Crippen LogP contribution in [0.5, 0.6) is 5.75 Å². The zero-order valence-electron chi connectivity index (χ0n) is 9.79. The molecule has 0 aliphatic rings. The van der Waals surface area contributed by atoms with E-state index in [2.05, 4.69) is 5.32 Å². The Morgan fingerprint density at radius 1 is 1.47 bits per heavy atom. The summed E-state index contributed by atoms with van der Waals surface area (Å²) in [7, 11) is 0. The fourth-order valence-electron chi connectivity index (χ4n) is 1.21. The second kappa shape index (κ2) is 6.86. The van der Waals surface area contributed by atoms with Gasteiger partial charge in [-0.05, 0) is 25.1 Å². The van der Waals surface area contributed by atoms with Crippen LogP contribution in [-0.2, 0) is 4.74 Å². The summed E-state index contributed by atoms with van der Waals surface area (Å²) < 4.78 is 3.57. The van der Waals surface area contributed by atoms with Crippen molar-refractivity contribution in [1.82, 2.24) is 5.32 Å². The van der Waals surface area contributed by atoms with Gasteiger partial charge in [0.15, 0.2) is 0 Å². The maximum atomic E-state index is 11.8. The number of nitrogens with one attached hydrogen (secondary N) is 1. The molecule has 0 saturated heterocycles. The number of amides is 1. The van der Waals surface area contributed by atoms with Crippen molar-refractivity contribution >= 4 is 52.3 Å². The van der Waals surface area contributed by atoms with Gasteiger partial charge in [0.1, 0.15) is 12.0 Å². The highest BCUT2D eigenvalue weighted by atomic mass is 35.6. The topological polar surface area (TPSA) is 58.6 Å². The summed E-state index contributed by atoms with van der Waals surface area (Å²) in [6.07, 6.45) is -0.693. The Morgan fingerprint density at radius 2 is 2.11 bits per heavy atom. The molecule has 1 unspecified atom stereocenters. The Morgan fingerprint density at radius 3 is 2.68 bits per heavy atom. The van der Waals surface area contributed by atoms with Gasteiger partial charge in [-0.25, -0.2) is 0 Å². The molecule has 0 aromatic heterocycles. The minimum atomic E-state index is -1.56. The van der Waals surface area contributed by atoms with Crippen molar-refractivity contribution in [1.29, 1.82) is 0 Å². The average Bonchev–Trinajstić information content (AvgIpc) is 2.28. The molecule has 4 nitrogen and oxygen atoms in total. The number of hydrogen-bond acceptors (Lipinski definition) is 3. The Kier molecular flexibility index (Phi) is 6.02. The maximum absolute atomic E-state index is 11.8. The number of alkyl halides is 3. The molecule has 2 N–H and O–H groups in total. The third-order valence-corrected chi connectivity index (χ3v) is 2.60. The van der Waals surface area contributed by atoms with Gasteiger partial charge >= 0.3 is 0 Å². The van der Waals surface area contributed by atoms with Gasteiger partial charge in [0, 0.05) is 5.02 Å². The predicted molar refractivity (Wildman–Crippen MR) is 76.3 cm³/mol. The first-order valence-electron chi connectivity index (χ1n) is 5.17. The van der Waals surface area contributed by atoms with Gasteiger partial charge in [0.25, 0.3) is 5.91 Å². The average molecular weight is 347 g/mol. The first-order valence-corrected chi connectivity index (χ1v) is 6.68. The molecule has 0 radical (unpaired) electrons. The van der Waals surface area contributed by atoms with Crippen molar-refractivity contribution in [3.8, 4) is 5.75 Å². The zero-order chi connectivity index (χ0) is 14.6. The highest BCUT2D eigenvalue weighted by Crippen LogP contribution is 2.26. The van der Waals surface area contributed by atoms with E-state index in [0.717, 1.165) is 0 Å². The lowest BCUT2D eigenvalue weighted by Gasteiger charge is -2.18. The molecule has 0 aliphatic heterocycles. The Balaban J connectivity index is 2.62. The van der Waals surface area contributed by atoms with Crippen molar-refractivity contribution in [3.05, 3.63) is 28.8 Å². The summed E-state index contributed by atoms with van der Waals surface area (Å²) in [5.74, 6) is -0.729. The molecule has 0 heterocycles. The summed E-state index contributed by atoms with van der Waals surface area (Å²) >= 11 is 22.3. The number of hydrogen-bond donors (Lipinski definition) is 2. The SMILES string of the molecule is CC(NC(=O)c1cc(Cl)ccc1O)OCC(Cl)(Cl)Cl. The van der Waals surface area contributed by atoms with Crippen molar-refractivity contribution in [2.24, 2.45) is 0 Å². The van der Waals surface area contributed by atoms with E-state index in [1.807, 2.05) is 0 Å². The first-order chi connectivity index (χ1) is 8.69. The number of carbonyl (C=O) groups excluding carboxylic acids is 1. The number of phenols is 1. The summed E-state index contributed by atoms with van der Waals surface area (Å²) in [6.45, 7) is 1.39. The maximum Gasteiger partial charge on any atom is 0.257 e. The number of carbonyl (C=O) groups is 1. The van der Waals surface area contributed by atoms with Gasteiger partial charge < -0.3 is 15.2 Å². The summed E-state index contributed by atoms with van der Waals surface area (Å²) in [5.41, 5.74) is 0.0387. The van der Waals surface area contributed by atoms with Gasteiger partial charge in [-0.2, -0.15) is 0 Å². The molecule has 19 heavy (non-hydrogen) atoms. The highest BCUT2D eigenvalue weighted by molar-refractivity contribution is 6.67. The molecule has 1 atom stereocenters. The van der Waals surface area contributed by atoms with Gasteiger partial charge in [-0.15, -0.1) is 0 Å². The molecular formula is C11H11Cl4NO3. The van der Waals surface area contributed by atoms with E-state index in [4.69, 9.17) is 51.1 Å². The smallest absolute Gasteiger partial charge is 0.257 e. The van der Waals surface area contributed by atoms with Crippen LogP contribution in [0.15, 0.2) is 18.2 Å². The fourth-order valence-corrected chi connectivity index (χ4v) is 1.57. The van der Waals surface area contributed by atoms with Crippen LogP contribution in [0, 0.1) is 0 Å². The standard InChI is InChI=1S/C11H11Cl4NO3/c1-6(19-5-11(13,14)15)16-10(18)8-4-7(12)2-3-9(8)17/h2-4,6,17H,5H2,1H3,(H,16,18). The number of halogens is 4. The van der Waals surface area contributed by atoms with Crippen LogP contribution in [0.2, 0.25) is 5.02 Å². The number of aromatic hydroxyl groups is 1. The second-order valence-corrected chi connectivity index (χ2v) is 6.66. The van der Waals surface area contributed by atoms with Gasteiger partial charge in [0.05, 0.1) is 12.2 Å². The quantitative estimate of drug-likeness (QED) is 0.647. The van der Waals surface area contributed by atoms with Crippen LogP contribution >= 0.6 is 46.4 Å². The molecule has 1 amide bonds. The van der Waals surface area contributed by atoms with Crippen LogP contribution < -0.4 is 5.32 Å². The first kappa shape index (κ1) is 16.7. The van der Waals surface area contributed by atoms with Crippen LogP contribution in [-0.4, -0.2) is 27.6 Å². The highest BCUT2D eigenvalue weighted by Gasteiger charge is 2.22.